The summed E-state index contributed by atoms with van der Waals surface area (Å²) in [4.78, 5) is 0. The lowest BCUT2D eigenvalue weighted by molar-refractivity contribution is 0.562. The van der Waals surface area contributed by atoms with Crippen molar-refractivity contribution >= 4 is 15.5 Å². The Bertz CT molecular complexity index is 727. The monoisotopic (exact) mass is 307 g/mol. The summed E-state index contributed by atoms with van der Waals surface area (Å²) in [6, 6.07) is 5.82. The summed E-state index contributed by atoms with van der Waals surface area (Å²) in [5.74, 6) is 0.496. The van der Waals surface area contributed by atoms with Crippen LogP contribution >= 0.6 is 0 Å². The molecule has 8 heteroatoms. The molecule has 2 aromatic rings. The fraction of sp³-hybridized carbons (Fsp3) is 0.462. The highest BCUT2D eigenvalue weighted by Crippen LogP contribution is 2.21. The smallest absolute Gasteiger partial charge is 0.152 e. The number of benzene rings is 1. The Balaban J connectivity index is 1.82. The van der Waals surface area contributed by atoms with Crippen LogP contribution in [0, 0.1) is 6.92 Å². The number of hydrogen-bond acceptors (Lipinski definition) is 6. The van der Waals surface area contributed by atoms with Gasteiger partial charge in [-0.25, -0.2) is 13.1 Å². The highest BCUT2D eigenvalue weighted by atomic mass is 32.2. The fourth-order valence-electron chi connectivity index (χ4n) is 2.59. The molecule has 0 bridgehead atoms. The first-order chi connectivity index (χ1) is 10.0. The summed E-state index contributed by atoms with van der Waals surface area (Å²) in [7, 11) is -2.91. The van der Waals surface area contributed by atoms with E-state index in [1.54, 1.807) is 4.68 Å². The molecule has 0 spiro atoms. The van der Waals surface area contributed by atoms with Crippen LogP contribution in [-0.2, 0) is 9.84 Å². The van der Waals surface area contributed by atoms with Crippen LogP contribution in [0.2, 0.25) is 0 Å². The third kappa shape index (κ3) is 3.21. The van der Waals surface area contributed by atoms with Gasteiger partial charge in [-0.3, -0.25) is 0 Å². The van der Waals surface area contributed by atoms with Crippen molar-refractivity contribution < 1.29 is 8.42 Å². The molecule has 1 atom stereocenters. The van der Waals surface area contributed by atoms with Crippen molar-refractivity contribution in [3.8, 4) is 5.69 Å². The van der Waals surface area contributed by atoms with Gasteiger partial charge < -0.3 is 5.32 Å². The van der Waals surface area contributed by atoms with E-state index >= 15 is 0 Å². The zero-order valence-electron chi connectivity index (χ0n) is 11.7. The molecule has 1 fully saturated rings. The lowest BCUT2D eigenvalue weighted by Gasteiger charge is -2.24. The highest BCUT2D eigenvalue weighted by Gasteiger charge is 2.24. The van der Waals surface area contributed by atoms with Gasteiger partial charge in [0.15, 0.2) is 9.84 Å². The van der Waals surface area contributed by atoms with Crippen LogP contribution in [0.5, 0.6) is 0 Å². The maximum absolute atomic E-state index is 11.7. The normalized spacial score (nSPS) is 21.1. The molecule has 1 aromatic carbocycles. The predicted molar refractivity (Wildman–Crippen MR) is 79.2 cm³/mol. The second-order valence-corrected chi connectivity index (χ2v) is 7.58. The van der Waals surface area contributed by atoms with Crippen molar-refractivity contribution in [1.29, 1.82) is 0 Å². The summed E-state index contributed by atoms with van der Waals surface area (Å²) in [5.41, 5.74) is 2.81. The Morgan fingerprint density at radius 1 is 1.38 bits per heavy atom. The van der Waals surface area contributed by atoms with Crippen molar-refractivity contribution in [2.45, 2.75) is 25.8 Å². The number of hydrogen-bond donors (Lipinski definition) is 1. The molecule has 0 saturated carbocycles. The minimum Gasteiger partial charge on any atom is -0.381 e. The van der Waals surface area contributed by atoms with Gasteiger partial charge in [0.05, 0.1) is 17.2 Å². The third-order valence-corrected chi connectivity index (χ3v) is 5.46. The summed E-state index contributed by atoms with van der Waals surface area (Å²) in [5, 5.41) is 14.5. The molecule has 1 aliphatic heterocycles. The van der Waals surface area contributed by atoms with Crippen molar-refractivity contribution in [1.82, 2.24) is 20.2 Å². The van der Waals surface area contributed by atoms with E-state index in [1.807, 2.05) is 25.1 Å². The number of sulfone groups is 1. The molecular formula is C13H17N5O2S. The summed E-state index contributed by atoms with van der Waals surface area (Å²) >= 11 is 0. The minimum atomic E-state index is -2.91. The molecule has 0 amide bonds. The summed E-state index contributed by atoms with van der Waals surface area (Å²) < 4.78 is 25.0. The first kappa shape index (κ1) is 14.0. The van der Waals surface area contributed by atoms with Crippen LogP contribution in [-0.4, -0.2) is 46.2 Å². The SMILES string of the molecule is Cc1ccc(NC2CCCS(=O)(=O)C2)cc1-n1cnnn1. The standard InChI is InChI=1S/C13H17N5O2S/c1-10-4-5-11(7-13(10)18-9-14-16-17-18)15-12-3-2-6-21(19,20)8-12/h4-5,7,9,12,15H,2-3,6,8H2,1H3. The Morgan fingerprint density at radius 3 is 2.95 bits per heavy atom. The van der Waals surface area contributed by atoms with Crippen molar-refractivity contribution in [3.63, 3.8) is 0 Å². The molecule has 1 aromatic heterocycles. The number of aromatic nitrogens is 4. The van der Waals surface area contributed by atoms with Gasteiger partial charge in [0.25, 0.3) is 0 Å². The second kappa shape index (κ2) is 5.44. The first-order valence-corrected chi connectivity index (χ1v) is 8.67. The number of anilines is 1. The van der Waals surface area contributed by atoms with Gasteiger partial charge in [-0.05, 0) is 47.9 Å². The molecular weight excluding hydrogens is 290 g/mol. The predicted octanol–water partition coefficient (Wildman–Crippen LogP) is 0.960. The highest BCUT2D eigenvalue weighted by molar-refractivity contribution is 7.91. The zero-order valence-corrected chi connectivity index (χ0v) is 12.5. The van der Waals surface area contributed by atoms with Crippen LogP contribution in [0.25, 0.3) is 5.69 Å². The molecule has 2 heterocycles. The molecule has 0 radical (unpaired) electrons. The van der Waals surface area contributed by atoms with E-state index in [4.69, 9.17) is 0 Å². The fourth-order valence-corrected chi connectivity index (χ4v) is 4.23. The number of aryl methyl sites for hydroxylation is 1. The maximum atomic E-state index is 11.7. The molecule has 112 valence electrons. The maximum Gasteiger partial charge on any atom is 0.152 e. The van der Waals surface area contributed by atoms with Gasteiger partial charge >= 0.3 is 0 Å². The Morgan fingerprint density at radius 2 is 2.24 bits per heavy atom. The average Bonchev–Trinajstić information content (AvgIpc) is 2.94. The topological polar surface area (TPSA) is 89.8 Å². The van der Waals surface area contributed by atoms with Crippen LogP contribution in [0.4, 0.5) is 5.69 Å². The number of tetrazole rings is 1. The summed E-state index contributed by atoms with van der Waals surface area (Å²) in [6.45, 7) is 1.98. The number of rotatable bonds is 3. The van der Waals surface area contributed by atoms with Gasteiger partial charge in [-0.1, -0.05) is 6.07 Å². The molecule has 1 saturated heterocycles. The molecule has 1 N–H and O–H groups in total. The molecule has 0 aliphatic carbocycles. The minimum absolute atomic E-state index is 0.0341. The first-order valence-electron chi connectivity index (χ1n) is 6.84. The van der Waals surface area contributed by atoms with Gasteiger partial charge in [0, 0.05) is 11.7 Å². The Hall–Kier alpha value is -1.96. The van der Waals surface area contributed by atoms with Crippen LogP contribution in [0.3, 0.4) is 0 Å². The van der Waals surface area contributed by atoms with Crippen molar-refractivity contribution in [3.05, 3.63) is 30.1 Å². The lowest BCUT2D eigenvalue weighted by Crippen LogP contribution is -2.34. The van der Waals surface area contributed by atoms with E-state index in [9.17, 15) is 8.42 Å². The molecule has 21 heavy (non-hydrogen) atoms. The summed E-state index contributed by atoms with van der Waals surface area (Å²) in [6.07, 6.45) is 3.12. The lowest BCUT2D eigenvalue weighted by atomic mass is 10.1. The quantitative estimate of drug-likeness (QED) is 0.908. The van der Waals surface area contributed by atoms with Gasteiger partial charge in [-0.2, -0.15) is 0 Å². The van der Waals surface area contributed by atoms with E-state index in [1.165, 1.54) is 6.33 Å². The van der Waals surface area contributed by atoms with Gasteiger partial charge in [0.1, 0.15) is 6.33 Å². The van der Waals surface area contributed by atoms with E-state index < -0.39 is 9.84 Å². The van der Waals surface area contributed by atoms with E-state index in [0.29, 0.717) is 12.2 Å². The number of nitrogens with zero attached hydrogens (tertiary/aromatic N) is 4. The van der Waals surface area contributed by atoms with E-state index in [2.05, 4.69) is 20.8 Å². The molecule has 1 aliphatic rings. The molecule has 7 nitrogen and oxygen atoms in total. The van der Waals surface area contributed by atoms with E-state index in [-0.39, 0.29) is 11.8 Å². The average molecular weight is 307 g/mol. The van der Waals surface area contributed by atoms with Crippen LogP contribution in [0.15, 0.2) is 24.5 Å². The van der Waals surface area contributed by atoms with Crippen molar-refractivity contribution in [2.24, 2.45) is 0 Å². The third-order valence-electron chi connectivity index (χ3n) is 3.64. The van der Waals surface area contributed by atoms with E-state index in [0.717, 1.165) is 23.4 Å². The largest absolute Gasteiger partial charge is 0.381 e. The number of nitrogens with one attached hydrogen (secondary N) is 1. The zero-order chi connectivity index (χ0) is 14.9. The Kier molecular flexibility index (Phi) is 3.62. The Labute approximate surface area is 123 Å². The van der Waals surface area contributed by atoms with Crippen molar-refractivity contribution in [2.75, 3.05) is 16.8 Å². The van der Waals surface area contributed by atoms with Crippen LogP contribution in [0.1, 0.15) is 18.4 Å². The van der Waals surface area contributed by atoms with Gasteiger partial charge in [0.2, 0.25) is 0 Å². The second-order valence-electron chi connectivity index (χ2n) is 5.35. The van der Waals surface area contributed by atoms with Crippen LogP contribution < -0.4 is 5.32 Å². The van der Waals surface area contributed by atoms with Gasteiger partial charge in [-0.15, -0.1) is 5.10 Å². The molecule has 3 rings (SSSR count). The molecule has 1 unspecified atom stereocenters.